The number of nitrogens with zero attached hydrogens (tertiary/aromatic N) is 4. The molecule has 224 valence electrons. The molecule has 1 atom stereocenters. The number of piperidine rings is 1. The van der Waals surface area contributed by atoms with E-state index in [1.807, 2.05) is 0 Å². The van der Waals surface area contributed by atoms with Crippen LogP contribution < -0.4 is 11.1 Å². The number of sulfonamides is 1. The number of carbonyl (C=O) groups excluding carboxylic acids is 1. The number of aliphatic imine (C=N–C) groups is 1. The van der Waals surface area contributed by atoms with E-state index >= 15 is 0 Å². The molecule has 2 heterocycles. The Kier molecular flexibility index (Phi) is 11.3. The lowest BCUT2D eigenvalue weighted by Gasteiger charge is -2.31. The summed E-state index contributed by atoms with van der Waals surface area (Å²) < 4.78 is 69.7. The van der Waals surface area contributed by atoms with E-state index in [2.05, 4.69) is 20.3 Å². The Labute approximate surface area is 233 Å². The summed E-state index contributed by atoms with van der Waals surface area (Å²) in [5.74, 6) is -0.336. The van der Waals surface area contributed by atoms with Gasteiger partial charge in [0.25, 0.3) is 0 Å². The Morgan fingerprint density at radius 3 is 2.38 bits per heavy atom. The maximum Gasteiger partial charge on any atom is 0.389 e. The molecule has 0 spiro atoms. The number of hydrogen-bond donors (Lipinski definition) is 2. The molecule has 0 radical (unpaired) electrons. The van der Waals surface area contributed by atoms with Gasteiger partial charge in [-0.05, 0) is 62.3 Å². The van der Waals surface area contributed by atoms with Crippen LogP contribution in [0, 0.1) is 5.92 Å². The van der Waals surface area contributed by atoms with Gasteiger partial charge in [-0.1, -0.05) is 6.92 Å². The van der Waals surface area contributed by atoms with Crippen molar-refractivity contribution in [3.63, 3.8) is 0 Å². The van der Waals surface area contributed by atoms with Gasteiger partial charge in [0.15, 0.2) is 0 Å². The molecule has 1 saturated carbocycles. The minimum Gasteiger partial charge on any atom is -0.462 e. The summed E-state index contributed by atoms with van der Waals surface area (Å²) in [6.07, 6.45) is 4.83. The fraction of sp³-hybridized carbons (Fsp3) is 0.692. The van der Waals surface area contributed by atoms with Gasteiger partial charge >= 0.3 is 12.1 Å². The number of carbonyl (C=O) groups is 1. The van der Waals surface area contributed by atoms with Crippen LogP contribution in [0.5, 0.6) is 0 Å². The van der Waals surface area contributed by atoms with Crippen molar-refractivity contribution in [2.45, 2.75) is 89.0 Å². The van der Waals surface area contributed by atoms with Crippen LogP contribution in [0.25, 0.3) is 0 Å². The molecule has 1 saturated heterocycles. The van der Waals surface area contributed by atoms with Gasteiger partial charge in [0, 0.05) is 63.8 Å². The molecular weight excluding hydrogens is 549 g/mol. The summed E-state index contributed by atoms with van der Waals surface area (Å²) in [7, 11) is -2.19. The highest BCUT2D eigenvalue weighted by atomic mass is 32.2. The molecule has 1 aromatic heterocycles. The summed E-state index contributed by atoms with van der Waals surface area (Å²) >= 11 is 0. The molecule has 0 aromatic carbocycles. The van der Waals surface area contributed by atoms with Crippen LogP contribution in [0.4, 0.5) is 19.1 Å². The Morgan fingerprint density at radius 2 is 1.82 bits per heavy atom. The molecule has 40 heavy (non-hydrogen) atoms. The standard InChI is InChI=1S/C26H39F3N6O4S/c1-18(13-26(27,28)29)3-8-24(36)39-22-6-4-19(5-7-22)20-15-32-25(33-16-20)34-21-9-11-35(12-10-21)40(37,38)23(14-30)17-31-2/h14-19,21-22H,3-13,30H2,1-2H3,(H,32,33,34)/t18-,19?,22?/m1/s1. The van der Waals surface area contributed by atoms with Crippen molar-refractivity contribution < 1.29 is 31.1 Å². The van der Waals surface area contributed by atoms with Gasteiger partial charge in [0.05, 0.1) is 0 Å². The number of halogens is 3. The zero-order chi connectivity index (χ0) is 29.3. The minimum absolute atomic E-state index is 0.00617. The maximum absolute atomic E-state index is 12.7. The van der Waals surface area contributed by atoms with Crippen LogP contribution in [0.2, 0.25) is 0 Å². The van der Waals surface area contributed by atoms with Gasteiger partial charge in [-0.15, -0.1) is 0 Å². The lowest BCUT2D eigenvalue weighted by molar-refractivity contribution is -0.154. The Morgan fingerprint density at radius 1 is 1.20 bits per heavy atom. The quantitative estimate of drug-likeness (QED) is 0.291. The highest BCUT2D eigenvalue weighted by Gasteiger charge is 2.32. The Bertz CT molecular complexity index is 1130. The highest BCUT2D eigenvalue weighted by Crippen LogP contribution is 2.34. The SMILES string of the molecule is CN=CC(=CN)S(=O)(=O)N1CCC(Nc2ncc(C3CCC(OC(=O)CC[C@@H](C)CC(F)(F)F)CC3)cn2)CC1. The Balaban J connectivity index is 1.40. The van der Waals surface area contributed by atoms with E-state index in [0.29, 0.717) is 44.7 Å². The van der Waals surface area contributed by atoms with Crippen LogP contribution in [-0.4, -0.2) is 73.3 Å². The number of esters is 1. The number of hydrogen-bond acceptors (Lipinski definition) is 9. The topological polar surface area (TPSA) is 140 Å². The molecule has 3 N–H and O–H groups in total. The van der Waals surface area contributed by atoms with Crippen molar-refractivity contribution in [1.29, 1.82) is 0 Å². The smallest absolute Gasteiger partial charge is 0.389 e. The van der Waals surface area contributed by atoms with Crippen molar-refractivity contribution in [2.24, 2.45) is 16.6 Å². The normalized spacial score (nSPS) is 22.8. The second-order valence-corrected chi connectivity index (χ2v) is 12.5. The summed E-state index contributed by atoms with van der Waals surface area (Å²) in [6.45, 7) is 2.17. The van der Waals surface area contributed by atoms with E-state index in [1.165, 1.54) is 24.5 Å². The number of rotatable bonds is 11. The third-order valence-electron chi connectivity index (χ3n) is 7.38. The molecule has 10 nitrogen and oxygen atoms in total. The molecule has 2 fully saturated rings. The molecule has 1 aromatic rings. The van der Waals surface area contributed by atoms with Crippen LogP contribution in [0.1, 0.15) is 76.2 Å². The highest BCUT2D eigenvalue weighted by molar-refractivity contribution is 7.93. The molecular formula is C26H39F3N6O4S. The van der Waals surface area contributed by atoms with Crippen molar-refractivity contribution >= 4 is 28.2 Å². The fourth-order valence-corrected chi connectivity index (χ4v) is 6.54. The largest absolute Gasteiger partial charge is 0.462 e. The predicted octanol–water partition coefficient (Wildman–Crippen LogP) is 4.12. The molecule has 0 amide bonds. The van der Waals surface area contributed by atoms with E-state index < -0.39 is 34.5 Å². The average molecular weight is 589 g/mol. The first-order valence-corrected chi connectivity index (χ1v) is 15.0. The Hall–Kier alpha value is -2.74. The third-order valence-corrected chi connectivity index (χ3v) is 9.26. The van der Waals surface area contributed by atoms with Gasteiger partial charge in [-0.25, -0.2) is 18.4 Å². The average Bonchev–Trinajstić information content (AvgIpc) is 2.91. The molecule has 0 unspecified atom stereocenters. The molecule has 1 aliphatic carbocycles. The molecule has 1 aliphatic heterocycles. The first-order valence-electron chi connectivity index (χ1n) is 13.6. The lowest BCUT2D eigenvalue weighted by atomic mass is 9.84. The molecule has 0 bridgehead atoms. The van der Waals surface area contributed by atoms with Gasteiger partial charge in [-0.2, -0.15) is 17.5 Å². The second-order valence-electron chi connectivity index (χ2n) is 10.5. The van der Waals surface area contributed by atoms with Gasteiger partial charge < -0.3 is 15.8 Å². The van der Waals surface area contributed by atoms with Gasteiger partial charge in [0.2, 0.25) is 16.0 Å². The third kappa shape index (κ3) is 9.43. The van der Waals surface area contributed by atoms with E-state index in [1.54, 1.807) is 12.4 Å². The number of allylic oxidation sites excluding steroid dienone is 1. The zero-order valence-corrected chi connectivity index (χ0v) is 23.8. The number of alkyl halides is 3. The van der Waals surface area contributed by atoms with Crippen LogP contribution in [0.15, 0.2) is 28.5 Å². The summed E-state index contributed by atoms with van der Waals surface area (Å²) in [4.78, 5) is 24.7. The summed E-state index contributed by atoms with van der Waals surface area (Å²) in [5, 5.41) is 3.28. The van der Waals surface area contributed by atoms with Crippen molar-refractivity contribution in [1.82, 2.24) is 14.3 Å². The lowest BCUT2D eigenvalue weighted by Crippen LogP contribution is -2.43. The van der Waals surface area contributed by atoms with Crippen LogP contribution >= 0.6 is 0 Å². The van der Waals surface area contributed by atoms with E-state index in [9.17, 15) is 26.4 Å². The van der Waals surface area contributed by atoms with Crippen LogP contribution in [0.3, 0.4) is 0 Å². The first kappa shape index (κ1) is 31.8. The fourth-order valence-electron chi connectivity index (χ4n) is 5.14. The van der Waals surface area contributed by atoms with E-state index in [4.69, 9.17) is 10.5 Å². The molecule has 14 heteroatoms. The van der Waals surface area contributed by atoms with E-state index in [-0.39, 0.29) is 35.8 Å². The number of aromatic nitrogens is 2. The molecule has 3 rings (SSSR count). The van der Waals surface area contributed by atoms with Crippen molar-refractivity contribution in [3.05, 3.63) is 29.1 Å². The number of nitrogens with two attached hydrogens (primary N) is 1. The summed E-state index contributed by atoms with van der Waals surface area (Å²) in [6, 6.07) is 0.0315. The van der Waals surface area contributed by atoms with Gasteiger partial charge in [0.1, 0.15) is 11.0 Å². The second kappa shape index (κ2) is 14.2. The van der Waals surface area contributed by atoms with Crippen molar-refractivity contribution in [2.75, 3.05) is 25.5 Å². The number of nitrogens with one attached hydrogen (secondary N) is 1. The number of ether oxygens (including phenoxy) is 1. The monoisotopic (exact) mass is 588 g/mol. The molecule has 2 aliphatic rings. The van der Waals surface area contributed by atoms with Crippen LogP contribution in [-0.2, 0) is 19.6 Å². The minimum atomic E-state index is -4.22. The van der Waals surface area contributed by atoms with E-state index in [0.717, 1.165) is 24.6 Å². The zero-order valence-electron chi connectivity index (χ0n) is 22.9. The number of anilines is 1. The predicted molar refractivity (Wildman–Crippen MR) is 146 cm³/mol. The van der Waals surface area contributed by atoms with Gasteiger partial charge in [-0.3, -0.25) is 9.79 Å². The maximum atomic E-state index is 12.7. The summed E-state index contributed by atoms with van der Waals surface area (Å²) in [5.41, 5.74) is 6.47. The van der Waals surface area contributed by atoms with Crippen molar-refractivity contribution in [3.8, 4) is 0 Å². The first-order chi connectivity index (χ1) is 18.9.